The number of carboxylic acids is 1. The highest BCUT2D eigenvalue weighted by atomic mass is 16.6. The van der Waals surface area contributed by atoms with Crippen molar-refractivity contribution in [1.82, 2.24) is 4.98 Å². The number of nitrogens with zero attached hydrogens (tertiary/aromatic N) is 4. The van der Waals surface area contributed by atoms with Gasteiger partial charge in [0.25, 0.3) is 5.69 Å². The van der Waals surface area contributed by atoms with Gasteiger partial charge in [-0.25, -0.2) is 9.78 Å². The number of phenolic OH excluding ortho intramolecular Hbond substituents is 1. The second-order valence-electron chi connectivity index (χ2n) is 5.72. The normalized spacial score (nSPS) is 12.2. The van der Waals surface area contributed by atoms with Crippen molar-refractivity contribution in [3.05, 3.63) is 58.8 Å². The van der Waals surface area contributed by atoms with E-state index in [1.54, 1.807) is 24.3 Å². The molecule has 1 atom stereocenters. The molecule has 3 aromatic rings. The number of hydrogen-bond acceptors (Lipinski definition) is 8. The second-order valence-corrected chi connectivity index (χ2v) is 5.72. The summed E-state index contributed by atoms with van der Waals surface area (Å²) in [6.45, 7) is 1.38. The van der Waals surface area contributed by atoms with E-state index in [2.05, 4.69) is 15.2 Å². The van der Waals surface area contributed by atoms with Crippen LogP contribution in [0.3, 0.4) is 0 Å². The minimum atomic E-state index is -1.14. The lowest BCUT2D eigenvalue weighted by Gasteiger charge is -2.14. The Balaban J connectivity index is 2.01. The Morgan fingerprint density at radius 3 is 2.54 bits per heavy atom. The molecule has 0 fully saturated rings. The monoisotopic (exact) mass is 382 g/mol. The van der Waals surface area contributed by atoms with Gasteiger partial charge in [-0.05, 0) is 13.0 Å². The Morgan fingerprint density at radius 1 is 1.21 bits per heavy atom. The lowest BCUT2D eigenvalue weighted by atomic mass is 10.1. The third-order valence-electron chi connectivity index (χ3n) is 3.81. The van der Waals surface area contributed by atoms with E-state index in [0.717, 1.165) is 6.20 Å². The van der Waals surface area contributed by atoms with E-state index >= 15 is 0 Å². The SMILES string of the molecule is CC(Oc1cc(/N=N/c2ccc([N+](=O)[O-])cn2)c(O)c2ccccc12)C(=O)O. The maximum atomic E-state index is 11.1. The summed E-state index contributed by atoms with van der Waals surface area (Å²) in [5.74, 6) is -1.000. The highest BCUT2D eigenvalue weighted by molar-refractivity contribution is 5.97. The number of aliphatic carboxylic acids is 1. The van der Waals surface area contributed by atoms with Gasteiger partial charge < -0.3 is 14.9 Å². The molecule has 0 saturated heterocycles. The van der Waals surface area contributed by atoms with Crippen LogP contribution in [0.1, 0.15) is 6.92 Å². The summed E-state index contributed by atoms with van der Waals surface area (Å²) in [4.78, 5) is 25.0. The molecule has 3 rings (SSSR count). The third-order valence-corrected chi connectivity index (χ3v) is 3.81. The fraction of sp³-hybridized carbons (Fsp3) is 0.111. The van der Waals surface area contributed by atoms with Crippen molar-refractivity contribution in [1.29, 1.82) is 0 Å². The average molecular weight is 382 g/mol. The molecule has 0 radical (unpaired) electrons. The number of phenols is 1. The number of hydrogen-bond donors (Lipinski definition) is 2. The molecule has 10 nitrogen and oxygen atoms in total. The van der Waals surface area contributed by atoms with Crippen molar-refractivity contribution in [3.8, 4) is 11.5 Å². The van der Waals surface area contributed by atoms with Gasteiger partial charge >= 0.3 is 5.97 Å². The Hall–Kier alpha value is -4.08. The molecule has 142 valence electrons. The molecule has 0 saturated carbocycles. The number of azo groups is 1. The molecular formula is C18H14N4O6. The number of nitro groups is 1. The van der Waals surface area contributed by atoms with Crippen LogP contribution in [0, 0.1) is 10.1 Å². The minimum absolute atomic E-state index is 0.0337. The molecule has 28 heavy (non-hydrogen) atoms. The molecule has 0 amide bonds. The van der Waals surface area contributed by atoms with E-state index in [-0.39, 0.29) is 28.7 Å². The number of ether oxygens (including phenoxy) is 1. The molecule has 1 aromatic heterocycles. The molecule has 0 aliphatic heterocycles. The zero-order valence-corrected chi connectivity index (χ0v) is 14.5. The smallest absolute Gasteiger partial charge is 0.344 e. The van der Waals surface area contributed by atoms with Crippen molar-refractivity contribution < 1.29 is 24.7 Å². The highest BCUT2D eigenvalue weighted by Crippen LogP contribution is 2.41. The highest BCUT2D eigenvalue weighted by Gasteiger charge is 2.18. The number of aromatic hydroxyl groups is 1. The second kappa shape index (κ2) is 7.66. The maximum Gasteiger partial charge on any atom is 0.344 e. The van der Waals surface area contributed by atoms with Crippen molar-refractivity contribution >= 4 is 33.9 Å². The van der Waals surface area contributed by atoms with E-state index in [0.29, 0.717) is 10.8 Å². The largest absolute Gasteiger partial charge is 0.505 e. The minimum Gasteiger partial charge on any atom is -0.505 e. The van der Waals surface area contributed by atoms with Gasteiger partial charge in [-0.2, -0.15) is 0 Å². The van der Waals surface area contributed by atoms with Crippen LogP contribution >= 0.6 is 0 Å². The molecule has 0 bridgehead atoms. The third kappa shape index (κ3) is 3.85. The number of fused-ring (bicyclic) bond motifs is 1. The van der Waals surface area contributed by atoms with Gasteiger partial charge in [-0.1, -0.05) is 24.3 Å². The van der Waals surface area contributed by atoms with Gasteiger partial charge in [0.1, 0.15) is 17.6 Å². The summed E-state index contributed by atoms with van der Waals surface area (Å²) in [5, 5.41) is 38.9. The Labute approximate surface area is 157 Å². The number of aromatic nitrogens is 1. The summed E-state index contributed by atoms with van der Waals surface area (Å²) in [6.07, 6.45) is -0.0772. The number of carbonyl (C=O) groups is 1. The molecule has 2 N–H and O–H groups in total. The van der Waals surface area contributed by atoms with E-state index < -0.39 is 17.0 Å². The van der Waals surface area contributed by atoms with Gasteiger partial charge in [-0.15, -0.1) is 10.2 Å². The van der Waals surface area contributed by atoms with Gasteiger partial charge in [0.05, 0.1) is 4.92 Å². The number of benzene rings is 2. The number of carboxylic acid groups (broad SMARTS) is 1. The first-order valence-electron chi connectivity index (χ1n) is 8.03. The molecule has 0 aliphatic carbocycles. The Bertz CT molecular complexity index is 1080. The average Bonchev–Trinajstić information content (AvgIpc) is 2.69. The van der Waals surface area contributed by atoms with Gasteiger partial charge in [-0.3, -0.25) is 10.1 Å². The van der Waals surface area contributed by atoms with Crippen LogP contribution in [-0.4, -0.2) is 32.2 Å². The van der Waals surface area contributed by atoms with Crippen LogP contribution in [0.25, 0.3) is 10.8 Å². The predicted molar refractivity (Wildman–Crippen MR) is 98.4 cm³/mol. The van der Waals surface area contributed by atoms with Crippen molar-refractivity contribution in [3.63, 3.8) is 0 Å². The first-order chi connectivity index (χ1) is 13.4. The zero-order chi connectivity index (χ0) is 20.3. The van der Waals surface area contributed by atoms with Crippen LogP contribution in [0.4, 0.5) is 17.2 Å². The molecule has 2 aromatic carbocycles. The van der Waals surface area contributed by atoms with E-state index in [1.807, 2.05) is 0 Å². The van der Waals surface area contributed by atoms with Crippen molar-refractivity contribution in [2.24, 2.45) is 10.2 Å². The molecule has 0 spiro atoms. The lowest BCUT2D eigenvalue weighted by molar-refractivity contribution is -0.385. The van der Waals surface area contributed by atoms with Crippen LogP contribution in [0.2, 0.25) is 0 Å². The van der Waals surface area contributed by atoms with Crippen LogP contribution < -0.4 is 4.74 Å². The number of rotatable bonds is 6. The summed E-state index contributed by atoms with van der Waals surface area (Å²) < 4.78 is 5.48. The van der Waals surface area contributed by atoms with E-state index in [9.17, 15) is 20.0 Å². The van der Waals surface area contributed by atoms with Gasteiger partial charge in [0.2, 0.25) is 0 Å². The van der Waals surface area contributed by atoms with Gasteiger partial charge in [0.15, 0.2) is 17.7 Å². The fourth-order valence-corrected chi connectivity index (χ4v) is 2.38. The molecule has 0 aliphatic rings. The maximum absolute atomic E-state index is 11.1. The van der Waals surface area contributed by atoms with E-state index in [4.69, 9.17) is 9.84 Å². The lowest BCUT2D eigenvalue weighted by Crippen LogP contribution is -2.22. The molecular weight excluding hydrogens is 368 g/mol. The zero-order valence-electron chi connectivity index (χ0n) is 14.5. The van der Waals surface area contributed by atoms with Crippen LogP contribution in [0.5, 0.6) is 11.5 Å². The van der Waals surface area contributed by atoms with Crippen molar-refractivity contribution in [2.45, 2.75) is 13.0 Å². The molecule has 1 heterocycles. The summed E-state index contributed by atoms with van der Waals surface area (Å²) in [5.41, 5.74) is -0.155. The first-order valence-corrected chi connectivity index (χ1v) is 8.03. The summed E-state index contributed by atoms with van der Waals surface area (Å²) in [7, 11) is 0. The molecule has 1 unspecified atom stereocenters. The predicted octanol–water partition coefficient (Wildman–Crippen LogP) is 4.12. The number of pyridine rings is 1. The van der Waals surface area contributed by atoms with Crippen LogP contribution in [-0.2, 0) is 4.79 Å². The fourth-order valence-electron chi connectivity index (χ4n) is 2.38. The topological polar surface area (TPSA) is 148 Å². The molecule has 10 heteroatoms. The van der Waals surface area contributed by atoms with E-state index in [1.165, 1.54) is 25.1 Å². The van der Waals surface area contributed by atoms with Gasteiger partial charge in [0, 0.05) is 22.9 Å². The summed E-state index contributed by atoms with van der Waals surface area (Å²) in [6, 6.07) is 10.6. The summed E-state index contributed by atoms with van der Waals surface area (Å²) >= 11 is 0. The van der Waals surface area contributed by atoms with Crippen molar-refractivity contribution in [2.75, 3.05) is 0 Å². The Kier molecular flexibility index (Phi) is 5.12. The van der Waals surface area contributed by atoms with Crippen LogP contribution in [0.15, 0.2) is 58.9 Å². The Morgan fingerprint density at radius 2 is 1.93 bits per heavy atom. The first kappa shape index (κ1) is 18.7. The quantitative estimate of drug-likeness (QED) is 0.370. The standard InChI is InChI=1S/C18H14N4O6/c1-10(18(24)25)28-15-8-14(17(23)13-5-3-2-4-12(13)15)20-21-16-7-6-11(9-19-16)22(26)27/h2-10,23H,1H3,(H,24,25)/b21-20+.